The second-order valence-corrected chi connectivity index (χ2v) is 11.9. The summed E-state index contributed by atoms with van der Waals surface area (Å²) < 4.78 is 31.8. The zero-order valence-electron chi connectivity index (χ0n) is 21.1. The highest BCUT2D eigenvalue weighted by Crippen LogP contribution is 2.25. The Morgan fingerprint density at radius 2 is 1.49 bits per heavy atom. The molecule has 1 atom stereocenters. The van der Waals surface area contributed by atoms with Crippen LogP contribution in [0, 0.1) is 0 Å². The fourth-order valence-corrected chi connectivity index (χ4v) is 6.76. The van der Waals surface area contributed by atoms with Gasteiger partial charge in [0.15, 0.2) is 9.84 Å². The number of carbonyl (C=O) groups excluding carboxylic acids is 1. The van der Waals surface area contributed by atoms with Gasteiger partial charge >= 0.3 is 0 Å². The molecule has 0 radical (unpaired) electrons. The lowest BCUT2D eigenvalue weighted by atomic mass is 10.1. The Labute approximate surface area is 219 Å². The largest absolute Gasteiger partial charge is 0.489 e. The number of likely N-dealkylation sites (tertiary alicyclic amines) is 2. The summed E-state index contributed by atoms with van der Waals surface area (Å²) in [5, 5.41) is 0. The van der Waals surface area contributed by atoms with Crippen molar-refractivity contribution in [2.45, 2.75) is 49.0 Å². The summed E-state index contributed by atoms with van der Waals surface area (Å²) in [5.74, 6) is 0.648. The maximum atomic E-state index is 13.2. The van der Waals surface area contributed by atoms with Crippen LogP contribution in [0.5, 0.6) is 5.75 Å². The van der Waals surface area contributed by atoms with Crippen molar-refractivity contribution in [1.29, 1.82) is 0 Å². The van der Waals surface area contributed by atoms with Gasteiger partial charge in [0.25, 0.3) is 5.91 Å². The minimum absolute atomic E-state index is 0.0849. The summed E-state index contributed by atoms with van der Waals surface area (Å²) in [6, 6.07) is 23.5. The molecule has 2 saturated heterocycles. The first-order valence-electron chi connectivity index (χ1n) is 13.1. The van der Waals surface area contributed by atoms with E-state index in [0.29, 0.717) is 22.3 Å². The molecule has 5 rings (SSSR count). The van der Waals surface area contributed by atoms with Crippen LogP contribution >= 0.6 is 0 Å². The molecule has 194 valence electrons. The molecule has 0 spiro atoms. The summed E-state index contributed by atoms with van der Waals surface area (Å²) >= 11 is 0. The van der Waals surface area contributed by atoms with Gasteiger partial charge < -0.3 is 14.5 Å². The van der Waals surface area contributed by atoms with Crippen molar-refractivity contribution in [3.8, 4) is 5.75 Å². The van der Waals surface area contributed by atoms with Crippen molar-refractivity contribution in [3.63, 3.8) is 0 Å². The lowest BCUT2D eigenvalue weighted by Gasteiger charge is -2.28. The van der Waals surface area contributed by atoms with Crippen LogP contribution in [0.2, 0.25) is 0 Å². The molecule has 2 aliphatic rings. The minimum Gasteiger partial charge on any atom is -0.489 e. The number of nitrogens with zero attached hydrogens (tertiary/aromatic N) is 2. The van der Waals surface area contributed by atoms with Crippen LogP contribution < -0.4 is 4.74 Å². The average Bonchev–Trinajstić information content (AvgIpc) is 3.61. The second-order valence-electron chi connectivity index (χ2n) is 9.96. The molecule has 0 aromatic heterocycles. The van der Waals surface area contributed by atoms with Crippen molar-refractivity contribution >= 4 is 15.7 Å². The van der Waals surface area contributed by atoms with E-state index in [0.717, 1.165) is 50.1 Å². The van der Waals surface area contributed by atoms with Gasteiger partial charge in [-0.3, -0.25) is 4.79 Å². The number of sulfone groups is 1. The van der Waals surface area contributed by atoms with Gasteiger partial charge in [-0.1, -0.05) is 42.5 Å². The fourth-order valence-electron chi connectivity index (χ4n) is 5.33. The Kier molecular flexibility index (Phi) is 7.91. The standard InChI is InChI=1S/C30H34N2O4S/c33-30(32-20-8-11-27(32)21-31-18-6-7-19-31)24-14-16-28(17-15-24)36-22-25-9-4-5-10-26(25)23-37(34,35)29-12-2-1-3-13-29/h1-5,9-10,12-17,27H,6-8,11,18-23H2. The van der Waals surface area contributed by atoms with E-state index < -0.39 is 9.84 Å². The Bertz CT molecular complexity index is 1300. The minimum atomic E-state index is -3.46. The summed E-state index contributed by atoms with van der Waals surface area (Å²) in [6.07, 6.45) is 4.65. The number of hydrogen-bond donors (Lipinski definition) is 0. The van der Waals surface area contributed by atoms with Gasteiger partial charge in [0, 0.05) is 24.7 Å². The third-order valence-corrected chi connectivity index (χ3v) is 9.05. The number of carbonyl (C=O) groups is 1. The molecular formula is C30H34N2O4S. The van der Waals surface area contributed by atoms with E-state index >= 15 is 0 Å². The summed E-state index contributed by atoms with van der Waals surface area (Å²) in [4.78, 5) is 18.1. The number of amides is 1. The molecule has 2 fully saturated rings. The van der Waals surface area contributed by atoms with Crippen LogP contribution in [0.15, 0.2) is 83.8 Å². The second kappa shape index (κ2) is 11.5. The van der Waals surface area contributed by atoms with Crippen molar-refractivity contribution in [1.82, 2.24) is 9.80 Å². The lowest BCUT2D eigenvalue weighted by Crippen LogP contribution is -2.42. The van der Waals surface area contributed by atoms with Crippen molar-refractivity contribution in [2.75, 3.05) is 26.2 Å². The normalized spacial score (nSPS) is 18.3. The molecule has 6 nitrogen and oxygen atoms in total. The molecule has 0 N–H and O–H groups in total. The first kappa shape index (κ1) is 25.5. The monoisotopic (exact) mass is 518 g/mol. The Balaban J connectivity index is 1.21. The smallest absolute Gasteiger partial charge is 0.254 e. The summed E-state index contributed by atoms with van der Waals surface area (Å²) in [5.41, 5.74) is 2.22. The molecule has 0 aliphatic carbocycles. The van der Waals surface area contributed by atoms with Crippen LogP contribution in [0.1, 0.15) is 47.2 Å². The molecular weight excluding hydrogens is 484 g/mol. The van der Waals surface area contributed by atoms with E-state index in [-0.39, 0.29) is 18.3 Å². The predicted molar refractivity (Wildman–Crippen MR) is 144 cm³/mol. The third kappa shape index (κ3) is 6.22. The maximum Gasteiger partial charge on any atom is 0.254 e. The average molecular weight is 519 g/mol. The van der Waals surface area contributed by atoms with E-state index in [1.165, 1.54) is 12.8 Å². The van der Waals surface area contributed by atoms with Crippen LogP contribution in [-0.2, 0) is 22.2 Å². The molecule has 1 unspecified atom stereocenters. The molecule has 7 heteroatoms. The van der Waals surface area contributed by atoms with E-state index in [2.05, 4.69) is 4.90 Å². The number of rotatable bonds is 9. The molecule has 0 saturated carbocycles. The first-order chi connectivity index (χ1) is 18.0. The molecule has 2 aliphatic heterocycles. The lowest BCUT2D eigenvalue weighted by molar-refractivity contribution is 0.0708. The van der Waals surface area contributed by atoms with E-state index in [1.54, 1.807) is 30.3 Å². The molecule has 3 aromatic carbocycles. The van der Waals surface area contributed by atoms with Crippen LogP contribution in [-0.4, -0.2) is 56.3 Å². The van der Waals surface area contributed by atoms with Crippen molar-refractivity contribution in [2.24, 2.45) is 0 Å². The van der Waals surface area contributed by atoms with Crippen LogP contribution in [0.3, 0.4) is 0 Å². The van der Waals surface area contributed by atoms with Crippen molar-refractivity contribution < 1.29 is 17.9 Å². The fraction of sp³-hybridized carbons (Fsp3) is 0.367. The SMILES string of the molecule is O=C(c1ccc(OCc2ccccc2CS(=O)(=O)c2ccccc2)cc1)N1CCCC1CN1CCCC1. The highest BCUT2D eigenvalue weighted by Gasteiger charge is 2.31. The number of hydrogen-bond acceptors (Lipinski definition) is 5. The molecule has 3 aromatic rings. The van der Waals surface area contributed by atoms with Crippen molar-refractivity contribution in [3.05, 3.63) is 95.6 Å². The zero-order valence-corrected chi connectivity index (χ0v) is 21.9. The molecule has 2 heterocycles. The van der Waals surface area contributed by atoms with Gasteiger partial charge in [-0.2, -0.15) is 0 Å². The number of benzene rings is 3. The maximum absolute atomic E-state index is 13.2. The van der Waals surface area contributed by atoms with E-state index in [4.69, 9.17) is 4.74 Å². The van der Waals surface area contributed by atoms with E-state index in [9.17, 15) is 13.2 Å². The van der Waals surface area contributed by atoms with Gasteiger partial charge in [0.2, 0.25) is 0 Å². The Morgan fingerprint density at radius 3 is 2.22 bits per heavy atom. The quantitative estimate of drug-likeness (QED) is 0.401. The van der Waals surface area contributed by atoms with Gasteiger partial charge in [-0.05, 0) is 86.3 Å². The Hall–Kier alpha value is -3.16. The molecule has 0 bridgehead atoms. The van der Waals surface area contributed by atoms with Gasteiger partial charge in [-0.15, -0.1) is 0 Å². The first-order valence-corrected chi connectivity index (χ1v) is 14.8. The van der Waals surface area contributed by atoms with Gasteiger partial charge in [0.1, 0.15) is 12.4 Å². The number of ether oxygens (including phenoxy) is 1. The highest BCUT2D eigenvalue weighted by molar-refractivity contribution is 7.90. The molecule has 37 heavy (non-hydrogen) atoms. The summed E-state index contributed by atoms with van der Waals surface area (Å²) in [6.45, 7) is 4.33. The predicted octanol–water partition coefficient (Wildman–Crippen LogP) is 4.94. The van der Waals surface area contributed by atoms with Gasteiger partial charge in [-0.25, -0.2) is 8.42 Å². The van der Waals surface area contributed by atoms with Gasteiger partial charge in [0.05, 0.1) is 10.6 Å². The topological polar surface area (TPSA) is 66.9 Å². The van der Waals surface area contributed by atoms with Crippen LogP contribution in [0.4, 0.5) is 0 Å². The Morgan fingerprint density at radius 1 is 0.811 bits per heavy atom. The third-order valence-electron chi connectivity index (χ3n) is 7.37. The summed E-state index contributed by atoms with van der Waals surface area (Å²) in [7, 11) is -3.46. The molecule has 1 amide bonds. The highest BCUT2D eigenvalue weighted by atomic mass is 32.2. The van der Waals surface area contributed by atoms with E-state index in [1.807, 2.05) is 53.4 Å². The zero-order chi connectivity index (χ0) is 25.7. The van der Waals surface area contributed by atoms with Crippen LogP contribution in [0.25, 0.3) is 0 Å².